The molecule has 2 atom stereocenters. The highest BCUT2D eigenvalue weighted by Crippen LogP contribution is 2.38. The second-order valence-electron chi connectivity index (χ2n) is 8.51. The van der Waals surface area contributed by atoms with Crippen LogP contribution in [0.25, 0.3) is 11.1 Å². The summed E-state index contributed by atoms with van der Waals surface area (Å²) in [5.41, 5.74) is 7.03. The molecule has 5 heteroatoms. The SMILES string of the molecule is Cc1cc(C(CC(c2cccc(-c3cccc(C(=O)O)c3)c2)c2ccccc2C)N=O)ccn1. The fourth-order valence-electron chi connectivity index (χ4n) is 4.43. The predicted molar refractivity (Wildman–Crippen MR) is 134 cm³/mol. The van der Waals surface area contributed by atoms with E-state index in [2.05, 4.69) is 41.4 Å². The number of carbonyl (C=O) groups is 1. The smallest absolute Gasteiger partial charge is 0.335 e. The Morgan fingerprint density at radius 2 is 1.62 bits per heavy atom. The topological polar surface area (TPSA) is 79.6 Å². The zero-order valence-corrected chi connectivity index (χ0v) is 19.2. The van der Waals surface area contributed by atoms with Gasteiger partial charge in [-0.15, -0.1) is 0 Å². The van der Waals surface area contributed by atoms with Gasteiger partial charge < -0.3 is 5.11 Å². The van der Waals surface area contributed by atoms with Gasteiger partial charge in [0.1, 0.15) is 6.04 Å². The molecule has 0 amide bonds. The first-order chi connectivity index (χ1) is 16.5. The minimum Gasteiger partial charge on any atom is -0.478 e. The van der Waals surface area contributed by atoms with E-state index in [0.29, 0.717) is 6.42 Å². The molecule has 2 unspecified atom stereocenters. The van der Waals surface area contributed by atoms with E-state index in [4.69, 9.17) is 0 Å². The number of aromatic nitrogens is 1. The van der Waals surface area contributed by atoms with Gasteiger partial charge >= 0.3 is 5.97 Å². The van der Waals surface area contributed by atoms with Crippen LogP contribution in [0.5, 0.6) is 0 Å². The molecule has 3 aromatic carbocycles. The van der Waals surface area contributed by atoms with Crippen LogP contribution in [0.1, 0.15) is 56.7 Å². The van der Waals surface area contributed by atoms with Crippen LogP contribution in [0.2, 0.25) is 0 Å². The van der Waals surface area contributed by atoms with E-state index in [-0.39, 0.29) is 11.5 Å². The van der Waals surface area contributed by atoms with Crippen LogP contribution in [0.3, 0.4) is 0 Å². The Labute approximate surface area is 199 Å². The number of pyridine rings is 1. The first-order valence-electron chi connectivity index (χ1n) is 11.2. The third-order valence-electron chi connectivity index (χ3n) is 6.19. The minimum absolute atomic E-state index is 0.0695. The normalized spacial score (nSPS) is 12.6. The molecule has 0 radical (unpaired) electrons. The molecule has 4 rings (SSSR count). The lowest BCUT2D eigenvalue weighted by molar-refractivity contribution is 0.0697. The molecule has 1 N–H and O–H groups in total. The van der Waals surface area contributed by atoms with E-state index in [0.717, 1.165) is 39.1 Å². The number of carboxylic acid groups (broad SMARTS) is 1. The second-order valence-corrected chi connectivity index (χ2v) is 8.51. The van der Waals surface area contributed by atoms with E-state index in [1.807, 2.05) is 49.4 Å². The Balaban J connectivity index is 1.78. The van der Waals surface area contributed by atoms with Gasteiger partial charge in [-0.1, -0.05) is 65.8 Å². The highest BCUT2D eigenvalue weighted by molar-refractivity contribution is 5.89. The number of rotatable bonds is 8. The van der Waals surface area contributed by atoms with Crippen molar-refractivity contribution in [3.63, 3.8) is 0 Å². The number of nitrogens with zero attached hydrogens (tertiary/aromatic N) is 2. The maximum Gasteiger partial charge on any atom is 0.335 e. The average molecular weight is 451 g/mol. The van der Waals surface area contributed by atoms with Crippen LogP contribution in [0, 0.1) is 18.8 Å². The van der Waals surface area contributed by atoms with Crippen molar-refractivity contribution in [2.24, 2.45) is 5.18 Å². The number of hydrogen-bond acceptors (Lipinski definition) is 4. The van der Waals surface area contributed by atoms with Gasteiger partial charge in [-0.3, -0.25) is 4.98 Å². The minimum atomic E-state index is -0.955. The summed E-state index contributed by atoms with van der Waals surface area (Å²) >= 11 is 0. The number of aromatic carboxylic acids is 1. The molecule has 1 heterocycles. The van der Waals surface area contributed by atoms with E-state index in [9.17, 15) is 14.8 Å². The zero-order chi connectivity index (χ0) is 24.1. The monoisotopic (exact) mass is 450 g/mol. The fraction of sp³-hybridized carbons (Fsp3) is 0.172. The molecule has 0 bridgehead atoms. The van der Waals surface area contributed by atoms with Gasteiger partial charge in [0, 0.05) is 17.8 Å². The van der Waals surface area contributed by atoms with Gasteiger partial charge in [0.05, 0.1) is 5.56 Å². The van der Waals surface area contributed by atoms with Crippen LogP contribution in [0.15, 0.2) is 96.3 Å². The number of carboxylic acids is 1. The summed E-state index contributed by atoms with van der Waals surface area (Å²) in [7, 11) is 0. The van der Waals surface area contributed by atoms with Crippen molar-refractivity contribution >= 4 is 5.97 Å². The number of hydrogen-bond donors (Lipinski definition) is 1. The molecule has 0 saturated carbocycles. The van der Waals surface area contributed by atoms with Crippen molar-refractivity contribution < 1.29 is 9.90 Å². The average Bonchev–Trinajstić information content (AvgIpc) is 2.85. The Morgan fingerprint density at radius 1 is 0.882 bits per heavy atom. The van der Waals surface area contributed by atoms with Crippen molar-refractivity contribution in [1.29, 1.82) is 0 Å². The summed E-state index contributed by atoms with van der Waals surface area (Å²) in [5, 5.41) is 12.9. The largest absolute Gasteiger partial charge is 0.478 e. The Bertz CT molecular complexity index is 1330. The standard InChI is InChI=1S/C29H26N2O3/c1-19-7-3-4-12-26(19)27(18-28(31-34)24-13-14-30-20(2)15-24)23-10-5-8-21(16-23)22-9-6-11-25(17-22)29(32)33/h3-17,27-28H,18H2,1-2H3,(H,32,33). The molecule has 0 aliphatic carbocycles. The molecule has 0 aliphatic rings. The van der Waals surface area contributed by atoms with Crippen LogP contribution < -0.4 is 0 Å². The molecule has 170 valence electrons. The predicted octanol–water partition coefficient (Wildman–Crippen LogP) is 7.09. The maximum absolute atomic E-state index is 12.0. The van der Waals surface area contributed by atoms with Gasteiger partial charge in [0.25, 0.3) is 0 Å². The highest BCUT2D eigenvalue weighted by atomic mass is 16.4. The van der Waals surface area contributed by atoms with Gasteiger partial charge in [-0.25, -0.2) is 4.79 Å². The van der Waals surface area contributed by atoms with Crippen LogP contribution >= 0.6 is 0 Å². The molecule has 1 aromatic heterocycles. The maximum atomic E-state index is 12.0. The first-order valence-corrected chi connectivity index (χ1v) is 11.2. The molecule has 0 saturated heterocycles. The molecule has 4 aromatic rings. The Hall–Kier alpha value is -4.12. The summed E-state index contributed by atoms with van der Waals surface area (Å²) in [5.74, 6) is -1.02. The molecule has 0 spiro atoms. The van der Waals surface area contributed by atoms with Gasteiger partial charge in [-0.05, 0) is 77.9 Å². The lowest BCUT2D eigenvalue weighted by Crippen LogP contribution is -2.09. The van der Waals surface area contributed by atoms with Crippen molar-refractivity contribution in [3.8, 4) is 11.1 Å². The lowest BCUT2D eigenvalue weighted by Gasteiger charge is -2.23. The molecule has 0 fully saturated rings. The Kier molecular flexibility index (Phi) is 6.93. The molecule has 34 heavy (non-hydrogen) atoms. The second kappa shape index (κ2) is 10.2. The van der Waals surface area contributed by atoms with Crippen molar-refractivity contribution in [1.82, 2.24) is 4.98 Å². The number of benzene rings is 3. The van der Waals surface area contributed by atoms with Gasteiger partial charge in [-0.2, -0.15) is 4.91 Å². The van der Waals surface area contributed by atoms with Crippen LogP contribution in [-0.2, 0) is 0 Å². The van der Waals surface area contributed by atoms with Crippen molar-refractivity contribution in [2.75, 3.05) is 0 Å². The number of aryl methyl sites for hydroxylation is 2. The quantitative estimate of drug-likeness (QED) is 0.291. The third-order valence-corrected chi connectivity index (χ3v) is 6.19. The Morgan fingerprint density at radius 3 is 2.32 bits per heavy atom. The van der Waals surface area contributed by atoms with E-state index in [1.165, 1.54) is 0 Å². The zero-order valence-electron chi connectivity index (χ0n) is 19.2. The van der Waals surface area contributed by atoms with E-state index < -0.39 is 12.0 Å². The van der Waals surface area contributed by atoms with E-state index in [1.54, 1.807) is 24.4 Å². The summed E-state index contributed by atoms with van der Waals surface area (Å²) in [6.45, 7) is 3.97. The highest BCUT2D eigenvalue weighted by Gasteiger charge is 2.24. The number of nitroso groups, excluding NO2 is 1. The molecular weight excluding hydrogens is 424 g/mol. The van der Waals surface area contributed by atoms with Crippen molar-refractivity contribution in [2.45, 2.75) is 32.2 Å². The van der Waals surface area contributed by atoms with Crippen LogP contribution in [-0.4, -0.2) is 16.1 Å². The summed E-state index contributed by atoms with van der Waals surface area (Å²) in [6.07, 6.45) is 2.22. The summed E-state index contributed by atoms with van der Waals surface area (Å²) < 4.78 is 0. The van der Waals surface area contributed by atoms with Gasteiger partial charge in [0.2, 0.25) is 0 Å². The molecule has 0 aliphatic heterocycles. The third kappa shape index (κ3) is 5.09. The van der Waals surface area contributed by atoms with Crippen LogP contribution in [0.4, 0.5) is 0 Å². The lowest BCUT2D eigenvalue weighted by atomic mass is 9.82. The fourth-order valence-corrected chi connectivity index (χ4v) is 4.43. The first kappa shape index (κ1) is 23.1. The summed E-state index contributed by atoms with van der Waals surface area (Å²) in [6, 6.07) is 26.4. The summed E-state index contributed by atoms with van der Waals surface area (Å²) in [4.78, 5) is 27.7. The van der Waals surface area contributed by atoms with Crippen molar-refractivity contribution in [3.05, 3.63) is 130 Å². The van der Waals surface area contributed by atoms with E-state index >= 15 is 0 Å². The molecular formula is C29H26N2O3. The van der Waals surface area contributed by atoms with Gasteiger partial charge in [0.15, 0.2) is 0 Å². The molecule has 5 nitrogen and oxygen atoms in total.